The number of carbonyl (C=O) groups excluding carboxylic acids is 2. The molecule has 4 heterocycles. The fraction of sp³-hybridized carbons (Fsp3) is 0.0588. The first-order chi connectivity index (χ1) is 24.8. The molecule has 0 aliphatic rings. The average molecular weight is 777 g/mol. The Kier molecular flexibility index (Phi) is 13.7. The first kappa shape index (κ1) is 38.8. The van der Waals surface area contributed by atoms with Crippen LogP contribution in [0.15, 0.2) is 103 Å². The topological polar surface area (TPSA) is 176 Å². The van der Waals surface area contributed by atoms with E-state index in [0.717, 1.165) is 41.0 Å². The van der Waals surface area contributed by atoms with Gasteiger partial charge in [0.25, 0.3) is 11.8 Å². The van der Waals surface area contributed by atoms with Gasteiger partial charge in [-0.3, -0.25) is 24.5 Å². The minimum Gasteiger partial charge on any atom is -0.423 e. The van der Waals surface area contributed by atoms with Gasteiger partial charge < -0.3 is 20.7 Å². The summed E-state index contributed by atoms with van der Waals surface area (Å²) >= 11 is 3.07. The lowest BCUT2D eigenvalue weighted by molar-refractivity contribution is 0.101. The second-order valence-corrected chi connectivity index (χ2v) is 11.2. The van der Waals surface area contributed by atoms with Crippen molar-refractivity contribution >= 4 is 52.0 Å². The molecule has 0 spiro atoms. The van der Waals surface area contributed by atoms with E-state index in [9.17, 15) is 27.2 Å². The number of hydrogen-bond acceptors (Lipinski definition) is 10. The number of benzene rings is 2. The van der Waals surface area contributed by atoms with Crippen LogP contribution in [0.5, 0.6) is 0 Å². The zero-order chi connectivity index (χ0) is 37.8. The highest BCUT2D eigenvalue weighted by Crippen LogP contribution is 2.20. The zero-order valence-corrected chi connectivity index (χ0v) is 28.7. The number of aromatic nitrogens is 6. The largest absolute Gasteiger partial charge is 0.490 e. The van der Waals surface area contributed by atoms with E-state index < -0.39 is 53.3 Å². The van der Waals surface area contributed by atoms with Crippen molar-refractivity contribution < 1.29 is 37.2 Å². The molecule has 12 nitrogen and oxygen atoms in total. The molecule has 52 heavy (non-hydrogen) atoms. The molecule has 0 fully saturated rings. The van der Waals surface area contributed by atoms with E-state index in [4.69, 9.17) is 10.0 Å². The maximum atomic E-state index is 13.6. The van der Waals surface area contributed by atoms with Crippen LogP contribution in [0.3, 0.4) is 0 Å². The molecule has 0 saturated heterocycles. The van der Waals surface area contributed by atoms with Crippen LogP contribution >= 0.6 is 15.9 Å². The summed E-state index contributed by atoms with van der Waals surface area (Å²) in [4.78, 5) is 47.3. The van der Waals surface area contributed by atoms with Gasteiger partial charge in [0.15, 0.2) is 11.6 Å². The van der Waals surface area contributed by atoms with E-state index in [1.165, 1.54) is 43.1 Å². The lowest BCUT2D eigenvalue weighted by Crippen LogP contribution is -2.32. The molecule has 6 rings (SSSR count). The van der Waals surface area contributed by atoms with Gasteiger partial charge in [-0.05, 0) is 77.3 Å². The molecule has 4 aromatic heterocycles. The van der Waals surface area contributed by atoms with Crippen LogP contribution in [0.2, 0.25) is 0 Å². The minimum atomic E-state index is -1.41. The molecule has 0 bridgehead atoms. The molecule has 0 aliphatic heterocycles. The first-order valence-corrected chi connectivity index (χ1v) is 15.6. The lowest BCUT2D eigenvalue weighted by atomic mass is 9.79. The number of aryl methyl sites for hydroxylation is 2. The quantitative estimate of drug-likeness (QED) is 0.130. The molecule has 4 N–H and O–H groups in total. The van der Waals surface area contributed by atoms with E-state index in [0.29, 0.717) is 15.8 Å². The molecular formula is C34H26BBrF4N8O4. The van der Waals surface area contributed by atoms with E-state index in [2.05, 4.69) is 56.5 Å². The van der Waals surface area contributed by atoms with E-state index in [-0.39, 0.29) is 11.6 Å². The maximum absolute atomic E-state index is 13.6. The van der Waals surface area contributed by atoms with Crippen LogP contribution in [0.1, 0.15) is 31.8 Å². The Bertz CT molecular complexity index is 2130. The summed E-state index contributed by atoms with van der Waals surface area (Å²) in [5, 5.41) is 22.0. The van der Waals surface area contributed by atoms with Gasteiger partial charge in [-0.1, -0.05) is 12.1 Å². The second kappa shape index (κ2) is 18.3. The summed E-state index contributed by atoms with van der Waals surface area (Å²) in [6.45, 7) is 3.71. The standard InChI is InChI=1S/C17H12F2N4O.C11H6BrF2N3O.C6H8BNO2/c1-10-5-6-20-7-11(10)14-8-22-15(9-21-14)23-17(24)16-12(18)3-2-4-13(16)19;12-8-4-16-9(5-15-8)17-11(18)10-6(13)2-1-3-7(10)14;1-5-2-3-8-4-6(5)7(9)10/h2-9H,1H3,(H,22,23,24);1-5H,(H,16,17,18);2-4,9-10H,1H3. The molecule has 2 aromatic carbocycles. The third-order valence-electron chi connectivity index (χ3n) is 6.81. The van der Waals surface area contributed by atoms with Gasteiger partial charge in [-0.2, -0.15) is 0 Å². The Hall–Kier alpha value is -5.98. The van der Waals surface area contributed by atoms with Crippen molar-refractivity contribution in [2.75, 3.05) is 10.6 Å². The van der Waals surface area contributed by atoms with Crippen molar-refractivity contribution in [3.8, 4) is 11.3 Å². The molecule has 0 saturated carbocycles. The van der Waals surface area contributed by atoms with Crippen molar-refractivity contribution in [3.63, 3.8) is 0 Å². The van der Waals surface area contributed by atoms with Gasteiger partial charge in [0.1, 0.15) is 39.0 Å². The van der Waals surface area contributed by atoms with E-state index in [1.54, 1.807) is 31.6 Å². The van der Waals surface area contributed by atoms with Gasteiger partial charge in [0, 0.05) is 35.8 Å². The van der Waals surface area contributed by atoms with Crippen molar-refractivity contribution in [3.05, 3.63) is 148 Å². The Morgan fingerprint density at radius 3 is 1.52 bits per heavy atom. The highest BCUT2D eigenvalue weighted by Gasteiger charge is 2.19. The smallest absolute Gasteiger partial charge is 0.423 e. The predicted octanol–water partition coefficient (Wildman–Crippen LogP) is 5.22. The number of carbonyl (C=O) groups is 2. The number of pyridine rings is 2. The van der Waals surface area contributed by atoms with Crippen molar-refractivity contribution in [1.29, 1.82) is 0 Å². The Balaban J connectivity index is 0.000000190. The van der Waals surface area contributed by atoms with Crippen LogP contribution in [0.25, 0.3) is 11.3 Å². The highest BCUT2D eigenvalue weighted by molar-refractivity contribution is 9.10. The predicted molar refractivity (Wildman–Crippen MR) is 187 cm³/mol. The van der Waals surface area contributed by atoms with Crippen LogP contribution in [0, 0.1) is 37.1 Å². The Labute approximate surface area is 302 Å². The van der Waals surface area contributed by atoms with Gasteiger partial charge in [0.2, 0.25) is 0 Å². The lowest BCUT2D eigenvalue weighted by Gasteiger charge is -2.07. The third-order valence-corrected chi connectivity index (χ3v) is 7.22. The minimum absolute atomic E-state index is 0.0907. The molecule has 0 atom stereocenters. The van der Waals surface area contributed by atoms with Crippen LogP contribution in [0.4, 0.5) is 29.2 Å². The SMILES string of the molecule is Cc1ccncc1-c1cnc(NC(=O)c2c(F)cccc2F)cn1.Cc1ccncc1B(O)O.O=C(Nc1cnc(Br)cn1)c1c(F)cccc1F. The van der Waals surface area contributed by atoms with Gasteiger partial charge in [-0.15, -0.1) is 0 Å². The van der Waals surface area contributed by atoms with Crippen LogP contribution in [-0.4, -0.2) is 58.9 Å². The van der Waals surface area contributed by atoms with Gasteiger partial charge in [0.05, 0.1) is 30.5 Å². The van der Waals surface area contributed by atoms with Gasteiger partial charge in [-0.25, -0.2) is 32.5 Å². The molecule has 0 radical (unpaired) electrons. The van der Waals surface area contributed by atoms with Crippen LogP contribution < -0.4 is 16.1 Å². The van der Waals surface area contributed by atoms with Crippen molar-refractivity contribution in [2.24, 2.45) is 0 Å². The molecule has 6 aromatic rings. The van der Waals surface area contributed by atoms with E-state index >= 15 is 0 Å². The van der Waals surface area contributed by atoms with E-state index in [1.807, 2.05) is 13.0 Å². The average Bonchev–Trinajstić information content (AvgIpc) is 3.10. The fourth-order valence-corrected chi connectivity index (χ4v) is 4.38. The summed E-state index contributed by atoms with van der Waals surface area (Å²) < 4.78 is 54.3. The number of nitrogens with zero attached hydrogens (tertiary/aromatic N) is 6. The molecule has 264 valence electrons. The number of hydrogen-bond donors (Lipinski definition) is 4. The fourth-order valence-electron chi connectivity index (χ4n) is 4.17. The summed E-state index contributed by atoms with van der Waals surface area (Å²) in [6.07, 6.45) is 11.8. The number of amides is 2. The van der Waals surface area contributed by atoms with Crippen molar-refractivity contribution in [1.82, 2.24) is 29.9 Å². The zero-order valence-electron chi connectivity index (χ0n) is 27.1. The molecule has 0 aliphatic carbocycles. The highest BCUT2D eigenvalue weighted by atomic mass is 79.9. The van der Waals surface area contributed by atoms with Gasteiger partial charge >= 0.3 is 7.12 Å². The summed E-state index contributed by atoms with van der Waals surface area (Å²) in [6, 6.07) is 9.97. The summed E-state index contributed by atoms with van der Waals surface area (Å²) in [7, 11) is -1.41. The molecule has 2 amide bonds. The summed E-state index contributed by atoms with van der Waals surface area (Å²) in [5.74, 6) is -5.40. The van der Waals surface area contributed by atoms with Crippen molar-refractivity contribution in [2.45, 2.75) is 13.8 Å². The number of halogens is 5. The molecule has 18 heteroatoms. The monoisotopic (exact) mass is 776 g/mol. The number of rotatable bonds is 6. The molecular weight excluding hydrogens is 751 g/mol. The number of nitrogens with one attached hydrogen (secondary N) is 2. The summed E-state index contributed by atoms with van der Waals surface area (Å²) in [5.41, 5.74) is 2.35. The third kappa shape index (κ3) is 10.5. The first-order valence-electron chi connectivity index (χ1n) is 14.8. The number of anilines is 2. The van der Waals surface area contributed by atoms with Crippen LogP contribution in [-0.2, 0) is 0 Å². The maximum Gasteiger partial charge on any atom is 0.490 e. The Morgan fingerprint density at radius 2 is 1.12 bits per heavy atom. The Morgan fingerprint density at radius 1 is 0.635 bits per heavy atom. The second-order valence-electron chi connectivity index (χ2n) is 10.4. The molecule has 0 unspecified atom stereocenters. The normalized spacial score (nSPS) is 10.2.